The van der Waals surface area contributed by atoms with Crippen LogP contribution in [-0.2, 0) is 0 Å². The predicted octanol–water partition coefficient (Wildman–Crippen LogP) is 4.28. The average Bonchev–Trinajstić information content (AvgIpc) is 2.54. The molecule has 1 saturated heterocycles. The number of hydrogen-bond acceptors (Lipinski definition) is 2. The van der Waals surface area contributed by atoms with Crippen molar-refractivity contribution < 1.29 is 0 Å². The molecule has 1 fully saturated rings. The van der Waals surface area contributed by atoms with Gasteiger partial charge in [-0.1, -0.05) is 15.9 Å². The lowest BCUT2D eigenvalue weighted by molar-refractivity contribution is 0.476. The first-order chi connectivity index (χ1) is 8.44. The molecule has 1 aliphatic rings. The second-order valence-electron chi connectivity index (χ2n) is 5.79. The number of rotatable bonds is 2. The van der Waals surface area contributed by atoms with Crippen molar-refractivity contribution in [1.82, 2.24) is 0 Å². The number of hydrogen-bond donors (Lipinski definition) is 0. The molecule has 1 heterocycles. The molecular weight excluding hydrogens is 288 g/mol. The van der Waals surface area contributed by atoms with E-state index in [0.29, 0.717) is 12.3 Å². The van der Waals surface area contributed by atoms with Crippen LogP contribution in [-0.4, -0.2) is 12.1 Å². The van der Waals surface area contributed by atoms with Gasteiger partial charge < -0.3 is 4.90 Å². The van der Waals surface area contributed by atoms with E-state index >= 15 is 0 Å². The summed E-state index contributed by atoms with van der Waals surface area (Å²) in [4.78, 5) is 2.46. The van der Waals surface area contributed by atoms with Crippen molar-refractivity contribution in [2.45, 2.75) is 39.2 Å². The summed E-state index contributed by atoms with van der Waals surface area (Å²) in [6.07, 6.45) is 1.76. The van der Waals surface area contributed by atoms with Crippen LogP contribution in [0.3, 0.4) is 0 Å². The Hall–Kier alpha value is -1.01. The van der Waals surface area contributed by atoms with Gasteiger partial charge in [-0.15, -0.1) is 0 Å². The number of nitrogens with zero attached hydrogens (tertiary/aromatic N) is 2. The largest absolute Gasteiger partial charge is 0.366 e. The first-order valence-corrected chi connectivity index (χ1v) is 7.14. The summed E-state index contributed by atoms with van der Waals surface area (Å²) in [6.45, 7) is 7.68. The van der Waals surface area contributed by atoms with Gasteiger partial charge in [-0.05, 0) is 56.9 Å². The summed E-state index contributed by atoms with van der Waals surface area (Å²) in [6, 6.07) is 8.73. The van der Waals surface area contributed by atoms with E-state index in [0.717, 1.165) is 17.4 Å². The van der Waals surface area contributed by atoms with Crippen LogP contribution < -0.4 is 4.90 Å². The lowest BCUT2D eigenvalue weighted by atomic mass is 9.94. The molecule has 2 nitrogen and oxygen atoms in total. The fourth-order valence-corrected chi connectivity index (χ4v) is 3.47. The molecular formula is C15H19BrN2. The van der Waals surface area contributed by atoms with Crippen molar-refractivity contribution >= 4 is 21.6 Å². The molecule has 0 amide bonds. The lowest BCUT2D eigenvalue weighted by Gasteiger charge is -2.34. The molecule has 0 saturated carbocycles. The fourth-order valence-electron chi connectivity index (χ4n) is 3.00. The van der Waals surface area contributed by atoms with Crippen molar-refractivity contribution in [3.8, 4) is 6.07 Å². The quantitative estimate of drug-likeness (QED) is 0.815. The lowest BCUT2D eigenvalue weighted by Crippen LogP contribution is -2.38. The Bertz CT molecular complexity index is 488. The van der Waals surface area contributed by atoms with Crippen LogP contribution in [0.1, 0.15) is 32.3 Å². The predicted molar refractivity (Wildman–Crippen MR) is 78.6 cm³/mol. The maximum absolute atomic E-state index is 8.87. The topological polar surface area (TPSA) is 27.0 Å². The zero-order valence-electron chi connectivity index (χ0n) is 11.2. The van der Waals surface area contributed by atoms with Gasteiger partial charge in [0, 0.05) is 28.7 Å². The third kappa shape index (κ3) is 2.54. The molecule has 0 radical (unpaired) electrons. The molecule has 96 valence electrons. The molecule has 2 rings (SSSR count). The summed E-state index contributed by atoms with van der Waals surface area (Å²) in [7, 11) is 0. The second kappa shape index (κ2) is 4.93. The Kier molecular flexibility index (Phi) is 3.68. The zero-order valence-corrected chi connectivity index (χ0v) is 12.8. The van der Waals surface area contributed by atoms with Gasteiger partial charge in [-0.25, -0.2) is 0 Å². The van der Waals surface area contributed by atoms with Crippen molar-refractivity contribution in [3.05, 3.63) is 28.2 Å². The van der Waals surface area contributed by atoms with Crippen molar-refractivity contribution in [1.29, 1.82) is 5.26 Å². The zero-order chi connectivity index (χ0) is 13.3. The van der Waals surface area contributed by atoms with Crippen LogP contribution in [0.2, 0.25) is 0 Å². The highest BCUT2D eigenvalue weighted by molar-refractivity contribution is 9.10. The minimum atomic E-state index is 0.139. The number of anilines is 1. The normalized spacial score (nSPS) is 21.9. The summed E-state index contributed by atoms with van der Waals surface area (Å²) in [5.74, 6) is 0.494. The van der Waals surface area contributed by atoms with E-state index in [1.807, 2.05) is 0 Å². The van der Waals surface area contributed by atoms with E-state index in [-0.39, 0.29) is 5.54 Å². The summed E-state index contributed by atoms with van der Waals surface area (Å²) in [5.41, 5.74) is 2.72. The minimum Gasteiger partial charge on any atom is -0.366 e. The molecule has 0 spiro atoms. The summed E-state index contributed by atoms with van der Waals surface area (Å²) in [5, 5.41) is 8.87. The van der Waals surface area contributed by atoms with E-state index in [4.69, 9.17) is 5.26 Å². The molecule has 1 unspecified atom stereocenters. The van der Waals surface area contributed by atoms with E-state index in [1.165, 1.54) is 11.3 Å². The van der Waals surface area contributed by atoms with Crippen LogP contribution >= 0.6 is 15.9 Å². The van der Waals surface area contributed by atoms with Gasteiger partial charge in [-0.2, -0.15) is 5.26 Å². The van der Waals surface area contributed by atoms with Crippen LogP contribution in [0.15, 0.2) is 22.7 Å². The molecule has 1 atom stereocenters. The Balaban J connectivity index is 2.30. The van der Waals surface area contributed by atoms with Crippen molar-refractivity contribution in [3.63, 3.8) is 0 Å². The van der Waals surface area contributed by atoms with Gasteiger partial charge in [0.15, 0.2) is 0 Å². The van der Waals surface area contributed by atoms with Gasteiger partial charge in [0.2, 0.25) is 0 Å². The highest BCUT2D eigenvalue weighted by atomic mass is 79.9. The van der Waals surface area contributed by atoms with Crippen LogP contribution in [0.4, 0.5) is 5.69 Å². The fraction of sp³-hybridized carbons (Fsp3) is 0.533. The van der Waals surface area contributed by atoms with E-state index in [2.05, 4.69) is 65.9 Å². The van der Waals surface area contributed by atoms with Crippen LogP contribution in [0.25, 0.3) is 0 Å². The molecule has 18 heavy (non-hydrogen) atoms. The number of aryl methyl sites for hydroxylation is 1. The maximum Gasteiger partial charge on any atom is 0.0625 e. The Morgan fingerprint density at radius 1 is 1.50 bits per heavy atom. The van der Waals surface area contributed by atoms with Gasteiger partial charge >= 0.3 is 0 Å². The molecule has 1 aromatic carbocycles. The van der Waals surface area contributed by atoms with Gasteiger partial charge in [0.25, 0.3) is 0 Å². The second-order valence-corrected chi connectivity index (χ2v) is 6.70. The van der Waals surface area contributed by atoms with Gasteiger partial charge in [0.05, 0.1) is 6.07 Å². The first kappa shape index (κ1) is 13.4. The molecule has 3 heteroatoms. The average molecular weight is 307 g/mol. The standard InChI is InChI=1S/C15H19BrN2/c1-11-8-13(16)4-5-14(11)18-10-12(6-7-17)9-15(18,2)3/h4-5,8,12H,6,9-10H2,1-3H3. The smallest absolute Gasteiger partial charge is 0.0625 e. The molecule has 0 N–H and O–H groups in total. The van der Waals surface area contributed by atoms with Crippen LogP contribution in [0.5, 0.6) is 0 Å². The van der Waals surface area contributed by atoms with Gasteiger partial charge in [0.1, 0.15) is 0 Å². The monoisotopic (exact) mass is 306 g/mol. The van der Waals surface area contributed by atoms with Gasteiger partial charge in [-0.3, -0.25) is 0 Å². The Morgan fingerprint density at radius 2 is 2.22 bits per heavy atom. The Labute approximate surface area is 118 Å². The highest BCUT2D eigenvalue weighted by Crippen LogP contribution is 2.39. The Morgan fingerprint density at radius 3 is 2.83 bits per heavy atom. The molecule has 0 aromatic heterocycles. The third-order valence-corrected chi connectivity index (χ3v) is 4.28. The SMILES string of the molecule is Cc1cc(Br)ccc1N1CC(CC#N)CC1(C)C. The molecule has 1 aliphatic heterocycles. The molecule has 0 bridgehead atoms. The maximum atomic E-state index is 8.87. The van der Waals surface area contributed by atoms with Crippen LogP contribution in [0, 0.1) is 24.2 Å². The minimum absolute atomic E-state index is 0.139. The molecule has 1 aromatic rings. The molecule has 0 aliphatic carbocycles. The number of benzene rings is 1. The number of halogens is 1. The highest BCUT2D eigenvalue weighted by Gasteiger charge is 2.38. The third-order valence-electron chi connectivity index (χ3n) is 3.79. The summed E-state index contributed by atoms with van der Waals surface area (Å²) >= 11 is 3.51. The van der Waals surface area contributed by atoms with E-state index in [9.17, 15) is 0 Å². The summed E-state index contributed by atoms with van der Waals surface area (Å²) < 4.78 is 1.12. The van der Waals surface area contributed by atoms with Crippen molar-refractivity contribution in [2.24, 2.45) is 5.92 Å². The van der Waals surface area contributed by atoms with E-state index in [1.54, 1.807) is 0 Å². The van der Waals surface area contributed by atoms with E-state index < -0.39 is 0 Å². The first-order valence-electron chi connectivity index (χ1n) is 6.35. The number of nitriles is 1. The van der Waals surface area contributed by atoms with Crippen molar-refractivity contribution in [2.75, 3.05) is 11.4 Å².